The second-order valence-corrected chi connectivity index (χ2v) is 17.8. The van der Waals surface area contributed by atoms with Gasteiger partial charge in [0, 0.05) is 69.1 Å². The lowest BCUT2D eigenvalue weighted by molar-refractivity contribution is -0.141. The highest BCUT2D eigenvalue weighted by atomic mass is 16.5. The van der Waals surface area contributed by atoms with E-state index in [2.05, 4.69) is 39.3 Å². The minimum absolute atomic E-state index is 0.0341. The van der Waals surface area contributed by atoms with Gasteiger partial charge >= 0.3 is 12.2 Å². The number of H-pyrrole nitrogens is 2. The van der Waals surface area contributed by atoms with Crippen LogP contribution in [0, 0.1) is 35.5 Å². The van der Waals surface area contributed by atoms with E-state index in [0.717, 1.165) is 59.1 Å². The van der Waals surface area contributed by atoms with Gasteiger partial charge in [0.05, 0.1) is 24.9 Å². The summed E-state index contributed by atoms with van der Waals surface area (Å²) in [5.74, 6) is 8.33. The molecule has 324 valence electrons. The Morgan fingerprint density at radius 2 is 1.42 bits per heavy atom. The van der Waals surface area contributed by atoms with E-state index in [1.165, 1.54) is 19.1 Å². The lowest BCUT2D eigenvalue weighted by Gasteiger charge is -2.38. The van der Waals surface area contributed by atoms with Gasteiger partial charge in [0.2, 0.25) is 11.8 Å². The van der Waals surface area contributed by atoms with Crippen molar-refractivity contribution in [3.05, 3.63) is 71.7 Å². The molecule has 0 bridgehead atoms. The molecule has 0 radical (unpaired) electrons. The first-order valence-corrected chi connectivity index (χ1v) is 21.9. The smallest absolute Gasteiger partial charge is 0.407 e. The molecule has 2 saturated carbocycles. The predicted molar refractivity (Wildman–Crippen MR) is 224 cm³/mol. The number of likely N-dealkylation sites (tertiary alicyclic amines) is 2. The molecular weight excluding hydrogens is 793 g/mol. The van der Waals surface area contributed by atoms with Crippen LogP contribution in [-0.2, 0) is 23.8 Å². The molecule has 0 spiro atoms. The zero-order chi connectivity index (χ0) is 42.6. The first kappa shape index (κ1) is 40.2. The van der Waals surface area contributed by atoms with E-state index in [9.17, 15) is 24.3 Å². The molecule has 4 aromatic rings. The Hall–Kier alpha value is -5.92. The third-order valence-electron chi connectivity index (χ3n) is 14.2. The number of carbonyl (C=O) groups excluding carboxylic acids is 3. The Balaban J connectivity index is 0.824. The molecule has 62 heavy (non-hydrogen) atoms. The standard InChI is InChI=1S/C46H52N8O8/c1-52(46(58)59)40(27-11-15-62-16-12-27)44(56)54-36-20-32(36)22-38(54)42-48-24-34(50-42)30-7-6-28-17-25(3-5-29(28)18-30)4-8-33-23-47-41(49-33)37-21-31-19-35(31)53(37)43(55)39(51-45(57)60-2)26-9-13-61-14-10-26/h3,5-7,17-18,23-24,26-27,31-32,35-40H,9-16,19-22H2,1-2H3,(H,47,49)(H,48,50)(H,51,57)(H,58,59)/t31-,32+,35+,36+,37-,38-,39-,40-/m0/s1. The summed E-state index contributed by atoms with van der Waals surface area (Å²) >= 11 is 0. The molecule has 4 saturated heterocycles. The van der Waals surface area contributed by atoms with Crippen LogP contribution >= 0.6 is 0 Å². The number of likely N-dealkylation sites (N-methyl/N-ethyl adjacent to an activating group) is 1. The number of nitrogens with one attached hydrogen (secondary N) is 3. The van der Waals surface area contributed by atoms with Crippen LogP contribution in [0.4, 0.5) is 9.59 Å². The van der Waals surface area contributed by atoms with Crippen molar-refractivity contribution in [3.63, 3.8) is 0 Å². The lowest BCUT2D eigenvalue weighted by atomic mass is 9.89. The first-order valence-electron chi connectivity index (χ1n) is 21.9. The van der Waals surface area contributed by atoms with Gasteiger partial charge in [-0.2, -0.15) is 0 Å². The Labute approximate surface area is 359 Å². The Morgan fingerprint density at radius 3 is 2.10 bits per heavy atom. The number of benzene rings is 2. The minimum Gasteiger partial charge on any atom is -0.465 e. The van der Waals surface area contributed by atoms with Crippen molar-refractivity contribution < 1.29 is 38.5 Å². The van der Waals surface area contributed by atoms with Gasteiger partial charge in [-0.3, -0.25) is 14.5 Å². The maximum Gasteiger partial charge on any atom is 0.407 e. The third kappa shape index (κ3) is 7.66. The van der Waals surface area contributed by atoms with Crippen molar-refractivity contribution in [3.8, 4) is 23.1 Å². The average Bonchev–Trinajstić information content (AvgIpc) is 3.89. The third-order valence-corrected chi connectivity index (χ3v) is 14.2. The van der Waals surface area contributed by atoms with Crippen LogP contribution in [0.15, 0.2) is 48.8 Å². The van der Waals surface area contributed by atoms with E-state index in [-0.39, 0.29) is 47.8 Å². The van der Waals surface area contributed by atoms with Crippen LogP contribution in [0.3, 0.4) is 0 Å². The predicted octanol–water partition coefficient (Wildman–Crippen LogP) is 5.23. The van der Waals surface area contributed by atoms with E-state index in [1.54, 1.807) is 6.20 Å². The van der Waals surface area contributed by atoms with E-state index >= 15 is 0 Å². The molecule has 6 fully saturated rings. The van der Waals surface area contributed by atoms with E-state index in [0.29, 0.717) is 75.5 Å². The molecule has 0 unspecified atom stereocenters. The summed E-state index contributed by atoms with van der Waals surface area (Å²) in [5.41, 5.74) is 3.13. The highest BCUT2D eigenvalue weighted by molar-refractivity contribution is 5.89. The van der Waals surface area contributed by atoms with Crippen LogP contribution < -0.4 is 5.32 Å². The molecule has 6 heterocycles. The second kappa shape index (κ2) is 16.4. The lowest BCUT2D eigenvalue weighted by Crippen LogP contribution is -2.54. The zero-order valence-corrected chi connectivity index (χ0v) is 34.9. The highest BCUT2D eigenvalue weighted by Crippen LogP contribution is 2.55. The fourth-order valence-corrected chi connectivity index (χ4v) is 10.6. The van der Waals surface area contributed by atoms with Crippen molar-refractivity contribution in [2.45, 2.75) is 87.6 Å². The van der Waals surface area contributed by atoms with Gasteiger partial charge in [0.15, 0.2) is 0 Å². The Morgan fingerprint density at radius 1 is 0.806 bits per heavy atom. The second-order valence-electron chi connectivity index (χ2n) is 17.8. The fraction of sp³-hybridized carbons (Fsp3) is 0.522. The summed E-state index contributed by atoms with van der Waals surface area (Å²) in [6, 6.07) is 10.6. The summed E-state index contributed by atoms with van der Waals surface area (Å²) < 4.78 is 16.0. The molecular formula is C46H52N8O8. The molecule has 4 amide bonds. The molecule has 2 aromatic carbocycles. The average molecular weight is 845 g/mol. The van der Waals surface area contributed by atoms with Gasteiger partial charge in [0.25, 0.3) is 0 Å². The number of carboxylic acid groups (broad SMARTS) is 1. The summed E-state index contributed by atoms with van der Waals surface area (Å²) in [7, 11) is 2.81. The minimum atomic E-state index is -1.11. The van der Waals surface area contributed by atoms with Crippen molar-refractivity contribution in [2.24, 2.45) is 23.7 Å². The molecule has 4 N–H and O–H groups in total. The number of nitrogens with zero attached hydrogens (tertiary/aromatic N) is 5. The molecule has 16 nitrogen and oxygen atoms in total. The van der Waals surface area contributed by atoms with Crippen molar-refractivity contribution in [1.29, 1.82) is 0 Å². The number of carbonyl (C=O) groups is 4. The van der Waals surface area contributed by atoms with Gasteiger partial charge in [-0.15, -0.1) is 0 Å². The van der Waals surface area contributed by atoms with Gasteiger partial charge in [0.1, 0.15) is 29.4 Å². The number of piperidine rings is 2. The zero-order valence-electron chi connectivity index (χ0n) is 34.9. The van der Waals surface area contributed by atoms with Crippen LogP contribution in [0.25, 0.3) is 22.0 Å². The number of methoxy groups -OCH3 is 1. The van der Waals surface area contributed by atoms with Crippen molar-refractivity contribution in [1.82, 2.24) is 40.0 Å². The quantitative estimate of drug-likeness (QED) is 0.162. The number of aromatic amines is 2. The molecule has 4 aliphatic heterocycles. The number of ether oxygens (including phenoxy) is 3. The van der Waals surface area contributed by atoms with Gasteiger partial charge in [-0.1, -0.05) is 24.1 Å². The largest absolute Gasteiger partial charge is 0.465 e. The number of fused-ring (bicyclic) bond motifs is 3. The number of alkyl carbamates (subject to hydrolysis) is 1. The number of imidazole rings is 2. The van der Waals surface area contributed by atoms with Gasteiger partial charge in [-0.05, 0) is 110 Å². The topological polar surface area (TPSA) is 195 Å². The van der Waals surface area contributed by atoms with Gasteiger partial charge in [-0.25, -0.2) is 19.6 Å². The molecule has 6 aliphatic rings. The van der Waals surface area contributed by atoms with E-state index in [4.69, 9.17) is 24.2 Å². The van der Waals surface area contributed by atoms with Crippen molar-refractivity contribution >= 4 is 34.8 Å². The molecule has 16 heteroatoms. The van der Waals surface area contributed by atoms with E-state index in [1.807, 2.05) is 40.3 Å². The number of amides is 4. The number of hydrogen-bond acceptors (Lipinski definition) is 9. The van der Waals surface area contributed by atoms with Crippen LogP contribution in [0.5, 0.6) is 0 Å². The molecule has 2 aromatic heterocycles. The van der Waals surface area contributed by atoms with Crippen molar-refractivity contribution in [2.75, 3.05) is 40.6 Å². The maximum absolute atomic E-state index is 14.3. The van der Waals surface area contributed by atoms with Crippen LogP contribution in [0.1, 0.15) is 86.4 Å². The summed E-state index contributed by atoms with van der Waals surface area (Å²) in [4.78, 5) is 74.4. The highest BCUT2D eigenvalue weighted by Gasteiger charge is 2.58. The van der Waals surface area contributed by atoms with E-state index < -0.39 is 24.3 Å². The monoisotopic (exact) mass is 844 g/mol. The maximum atomic E-state index is 14.3. The Kier molecular flexibility index (Phi) is 10.6. The molecule has 8 atom stereocenters. The summed E-state index contributed by atoms with van der Waals surface area (Å²) in [5, 5.41) is 14.8. The number of hydrogen-bond donors (Lipinski definition) is 4. The fourth-order valence-electron chi connectivity index (χ4n) is 10.6. The normalized spacial score (nSPS) is 26.5. The first-order chi connectivity index (χ1) is 30.1. The Bertz CT molecular complexity index is 2440. The molecule has 10 rings (SSSR count). The van der Waals surface area contributed by atoms with Crippen LogP contribution in [-0.4, -0.2) is 128 Å². The summed E-state index contributed by atoms with van der Waals surface area (Å²) in [6.07, 6.45) is 8.13. The van der Waals surface area contributed by atoms with Crippen LogP contribution in [0.2, 0.25) is 0 Å². The SMILES string of the molecule is COC(=O)N[C@H](C(=O)N1[C@@H]2C[C@H]2C[C@H]1c1nc(C#Cc2ccc3cc(-c4c[nH]c([C@@H]5C[C@H]6C[C@H]6N5C(=O)[C@H](C5CCOCC5)N(C)C(=O)O)n4)ccc3c2)c[nH]1)C1CCOCC1. The summed E-state index contributed by atoms with van der Waals surface area (Å²) in [6.45, 7) is 2.16. The number of rotatable bonds is 9. The van der Waals surface area contributed by atoms with Gasteiger partial charge < -0.3 is 44.4 Å². The molecule has 2 aliphatic carbocycles. The number of aromatic nitrogens is 4.